The fraction of sp³-hybridized carbons (Fsp3) is 0.650. The first-order valence-electron chi connectivity index (χ1n) is 9.55. The Balaban J connectivity index is 1.88. The molecule has 2 N–H and O–H groups in total. The lowest BCUT2D eigenvalue weighted by Gasteiger charge is -2.23. The van der Waals surface area contributed by atoms with Crippen LogP contribution in [0.5, 0.6) is 11.5 Å². The molecule has 0 saturated carbocycles. The number of unbranched alkanes of at least 4 members (excludes halogenated alkanes) is 2. The van der Waals surface area contributed by atoms with Gasteiger partial charge in [0, 0.05) is 30.5 Å². The maximum Gasteiger partial charge on any atom is 0.222 e. The standard InChI is InChI=1S/C20H32N2O3S/c1-4-5-6-10-25-18-8-7-16(12-19(18)24-3)15(2)22-20(23)13-17-14-26-11-9-21-17/h7-8,12,15,17,21H,4-6,9-11,13-14H2,1-3H3,(H,22,23). The van der Waals surface area contributed by atoms with Crippen LogP contribution in [0.2, 0.25) is 0 Å². The predicted octanol–water partition coefficient (Wildman–Crippen LogP) is 3.54. The number of rotatable bonds is 10. The first kappa shape index (κ1) is 20.9. The number of carbonyl (C=O) groups excluding carboxylic acids is 1. The number of hydrogen-bond donors (Lipinski definition) is 2. The molecule has 0 spiro atoms. The number of thioether (sulfide) groups is 1. The average Bonchev–Trinajstić information content (AvgIpc) is 2.66. The van der Waals surface area contributed by atoms with Gasteiger partial charge in [0.25, 0.3) is 0 Å². The summed E-state index contributed by atoms with van der Waals surface area (Å²) in [4.78, 5) is 12.3. The van der Waals surface area contributed by atoms with Crippen LogP contribution in [0, 0.1) is 0 Å². The van der Waals surface area contributed by atoms with Crippen LogP contribution < -0.4 is 20.1 Å². The van der Waals surface area contributed by atoms with Crippen molar-refractivity contribution in [3.8, 4) is 11.5 Å². The predicted molar refractivity (Wildman–Crippen MR) is 108 cm³/mol. The van der Waals surface area contributed by atoms with Crippen molar-refractivity contribution in [1.82, 2.24) is 10.6 Å². The molecule has 0 aliphatic carbocycles. The Labute approximate surface area is 161 Å². The Morgan fingerprint density at radius 1 is 1.38 bits per heavy atom. The maximum atomic E-state index is 12.3. The third kappa shape index (κ3) is 6.72. The minimum Gasteiger partial charge on any atom is -0.493 e. The molecule has 1 aromatic carbocycles. The van der Waals surface area contributed by atoms with Gasteiger partial charge in [-0.05, 0) is 31.0 Å². The molecule has 1 aromatic rings. The first-order chi connectivity index (χ1) is 12.6. The van der Waals surface area contributed by atoms with E-state index in [1.54, 1.807) is 7.11 Å². The molecule has 1 aliphatic rings. The number of carbonyl (C=O) groups is 1. The topological polar surface area (TPSA) is 59.6 Å². The van der Waals surface area contributed by atoms with Crippen molar-refractivity contribution in [1.29, 1.82) is 0 Å². The Bertz CT molecular complexity index is 562. The van der Waals surface area contributed by atoms with Gasteiger partial charge in [0.15, 0.2) is 11.5 Å². The van der Waals surface area contributed by atoms with Crippen LogP contribution in [0.15, 0.2) is 18.2 Å². The fourth-order valence-electron chi connectivity index (χ4n) is 2.97. The van der Waals surface area contributed by atoms with Crippen molar-refractivity contribution in [2.75, 3.05) is 31.8 Å². The third-order valence-electron chi connectivity index (χ3n) is 4.50. The van der Waals surface area contributed by atoms with E-state index in [1.807, 2.05) is 36.9 Å². The highest BCUT2D eigenvalue weighted by atomic mass is 32.2. The van der Waals surface area contributed by atoms with E-state index >= 15 is 0 Å². The third-order valence-corrected chi connectivity index (χ3v) is 5.63. The highest BCUT2D eigenvalue weighted by Crippen LogP contribution is 2.30. The van der Waals surface area contributed by atoms with Crippen LogP contribution >= 0.6 is 11.8 Å². The van der Waals surface area contributed by atoms with Crippen LogP contribution in [0.3, 0.4) is 0 Å². The summed E-state index contributed by atoms with van der Waals surface area (Å²) in [6, 6.07) is 6.09. The zero-order valence-electron chi connectivity index (χ0n) is 16.2. The van der Waals surface area contributed by atoms with E-state index in [1.165, 1.54) is 6.42 Å². The highest BCUT2D eigenvalue weighted by molar-refractivity contribution is 7.99. The zero-order chi connectivity index (χ0) is 18.8. The molecule has 2 rings (SSSR count). The molecule has 0 bridgehead atoms. The molecule has 1 fully saturated rings. The van der Waals surface area contributed by atoms with E-state index in [-0.39, 0.29) is 18.0 Å². The molecule has 1 saturated heterocycles. The van der Waals surface area contributed by atoms with Crippen molar-refractivity contribution >= 4 is 17.7 Å². The Hall–Kier alpha value is -1.40. The number of methoxy groups -OCH3 is 1. The van der Waals surface area contributed by atoms with E-state index in [4.69, 9.17) is 9.47 Å². The van der Waals surface area contributed by atoms with Crippen molar-refractivity contribution < 1.29 is 14.3 Å². The van der Waals surface area contributed by atoms with Gasteiger partial charge < -0.3 is 20.1 Å². The lowest BCUT2D eigenvalue weighted by Crippen LogP contribution is -2.41. The van der Waals surface area contributed by atoms with Crippen LogP contribution in [-0.2, 0) is 4.79 Å². The molecule has 2 atom stereocenters. The lowest BCUT2D eigenvalue weighted by molar-refractivity contribution is -0.122. The second kappa shape index (κ2) is 11.3. The number of benzene rings is 1. The minimum atomic E-state index is -0.0678. The number of nitrogens with one attached hydrogen (secondary N) is 2. The Kier molecular flexibility index (Phi) is 9.12. The molecule has 0 aromatic heterocycles. The number of hydrogen-bond acceptors (Lipinski definition) is 5. The summed E-state index contributed by atoms with van der Waals surface area (Å²) < 4.78 is 11.3. The van der Waals surface area contributed by atoms with E-state index in [2.05, 4.69) is 17.6 Å². The minimum absolute atomic E-state index is 0.0678. The zero-order valence-corrected chi connectivity index (χ0v) is 17.0. The fourth-order valence-corrected chi connectivity index (χ4v) is 3.91. The normalized spacial score (nSPS) is 18.2. The van der Waals surface area contributed by atoms with Gasteiger partial charge in [0.05, 0.1) is 19.8 Å². The molecular formula is C20H32N2O3S. The molecule has 1 heterocycles. The molecule has 2 unspecified atom stereocenters. The largest absolute Gasteiger partial charge is 0.493 e. The average molecular weight is 381 g/mol. The Morgan fingerprint density at radius 3 is 2.92 bits per heavy atom. The molecule has 0 radical (unpaired) electrons. The summed E-state index contributed by atoms with van der Waals surface area (Å²) in [5, 5.41) is 6.49. The molecule has 146 valence electrons. The van der Waals surface area contributed by atoms with Crippen molar-refractivity contribution in [3.63, 3.8) is 0 Å². The van der Waals surface area contributed by atoms with Gasteiger partial charge in [-0.15, -0.1) is 0 Å². The summed E-state index contributed by atoms with van der Waals surface area (Å²) in [5.41, 5.74) is 1.02. The van der Waals surface area contributed by atoms with E-state index in [0.717, 1.165) is 42.2 Å². The highest BCUT2D eigenvalue weighted by Gasteiger charge is 2.19. The number of amides is 1. The molecule has 6 heteroatoms. The van der Waals surface area contributed by atoms with Crippen LogP contribution in [0.1, 0.15) is 51.1 Å². The van der Waals surface area contributed by atoms with Crippen molar-refractivity contribution in [3.05, 3.63) is 23.8 Å². The summed E-state index contributed by atoms with van der Waals surface area (Å²) in [7, 11) is 1.65. The summed E-state index contributed by atoms with van der Waals surface area (Å²) >= 11 is 1.90. The van der Waals surface area contributed by atoms with Gasteiger partial charge in [-0.1, -0.05) is 25.8 Å². The Morgan fingerprint density at radius 2 is 2.23 bits per heavy atom. The van der Waals surface area contributed by atoms with E-state index < -0.39 is 0 Å². The quantitative estimate of drug-likeness (QED) is 0.608. The maximum absolute atomic E-state index is 12.3. The molecule has 1 aliphatic heterocycles. The lowest BCUT2D eigenvalue weighted by atomic mass is 10.1. The second-order valence-electron chi connectivity index (χ2n) is 6.69. The van der Waals surface area contributed by atoms with Crippen LogP contribution in [0.25, 0.3) is 0 Å². The van der Waals surface area contributed by atoms with Crippen LogP contribution in [-0.4, -0.2) is 43.7 Å². The SMILES string of the molecule is CCCCCOc1ccc(C(C)NC(=O)CC2CSCCN2)cc1OC. The first-order valence-corrected chi connectivity index (χ1v) is 10.7. The summed E-state index contributed by atoms with van der Waals surface area (Å²) in [6.07, 6.45) is 3.90. The smallest absolute Gasteiger partial charge is 0.222 e. The van der Waals surface area contributed by atoms with E-state index in [9.17, 15) is 4.79 Å². The van der Waals surface area contributed by atoms with E-state index in [0.29, 0.717) is 18.8 Å². The van der Waals surface area contributed by atoms with Gasteiger partial charge in [0.1, 0.15) is 0 Å². The molecular weight excluding hydrogens is 348 g/mol. The van der Waals surface area contributed by atoms with Gasteiger partial charge in [0.2, 0.25) is 5.91 Å². The molecule has 1 amide bonds. The van der Waals surface area contributed by atoms with Gasteiger partial charge >= 0.3 is 0 Å². The van der Waals surface area contributed by atoms with Gasteiger partial charge in [-0.3, -0.25) is 4.79 Å². The van der Waals surface area contributed by atoms with Crippen molar-refractivity contribution in [2.45, 2.75) is 51.6 Å². The second-order valence-corrected chi connectivity index (χ2v) is 7.83. The van der Waals surface area contributed by atoms with Gasteiger partial charge in [-0.25, -0.2) is 0 Å². The molecule has 5 nitrogen and oxygen atoms in total. The van der Waals surface area contributed by atoms with Gasteiger partial charge in [-0.2, -0.15) is 11.8 Å². The summed E-state index contributed by atoms with van der Waals surface area (Å²) in [5.74, 6) is 3.68. The number of ether oxygens (including phenoxy) is 2. The van der Waals surface area contributed by atoms with Crippen molar-refractivity contribution in [2.24, 2.45) is 0 Å². The van der Waals surface area contributed by atoms with Crippen LogP contribution in [0.4, 0.5) is 0 Å². The summed E-state index contributed by atoms with van der Waals surface area (Å²) in [6.45, 7) is 5.85. The molecule has 26 heavy (non-hydrogen) atoms. The monoisotopic (exact) mass is 380 g/mol.